The van der Waals surface area contributed by atoms with Gasteiger partial charge in [0.15, 0.2) is 5.78 Å². The molecule has 0 amide bonds. The fourth-order valence-electron chi connectivity index (χ4n) is 2.34. The van der Waals surface area contributed by atoms with Crippen LogP contribution in [-0.4, -0.2) is 10.8 Å². The van der Waals surface area contributed by atoms with Crippen LogP contribution in [0.4, 0.5) is 0 Å². The maximum atomic E-state index is 12.1. The van der Waals surface area contributed by atoms with Crippen molar-refractivity contribution in [3.8, 4) is 0 Å². The van der Waals surface area contributed by atoms with Crippen molar-refractivity contribution in [3.63, 3.8) is 0 Å². The van der Waals surface area contributed by atoms with Gasteiger partial charge in [-0.1, -0.05) is 58.4 Å². The number of ketones is 1. The summed E-state index contributed by atoms with van der Waals surface area (Å²) in [4.78, 5) is 16.3. The van der Waals surface area contributed by atoms with Crippen molar-refractivity contribution in [2.75, 3.05) is 0 Å². The molecule has 1 aromatic rings. The van der Waals surface area contributed by atoms with Crippen molar-refractivity contribution in [1.82, 2.24) is 4.98 Å². The molecule has 0 aromatic carbocycles. The third-order valence-electron chi connectivity index (χ3n) is 3.54. The highest BCUT2D eigenvalue weighted by Crippen LogP contribution is 2.13. The van der Waals surface area contributed by atoms with Gasteiger partial charge < -0.3 is 0 Å². The minimum Gasteiger partial charge on any atom is -0.292 e. The average Bonchev–Trinajstić information content (AvgIpc) is 2.46. The first-order chi connectivity index (χ1) is 9.29. The van der Waals surface area contributed by atoms with E-state index in [9.17, 15) is 4.79 Å². The van der Waals surface area contributed by atoms with Crippen LogP contribution in [0.1, 0.15) is 81.3 Å². The Balaban J connectivity index is 2.24. The molecule has 0 aliphatic rings. The molecule has 0 saturated carbocycles. The molecule has 1 aromatic heterocycles. The van der Waals surface area contributed by atoms with Gasteiger partial charge in [-0.2, -0.15) is 0 Å². The number of pyridine rings is 1. The number of carbonyl (C=O) groups is 1. The first-order valence-electron chi connectivity index (χ1n) is 7.76. The quantitative estimate of drug-likeness (QED) is 0.440. The summed E-state index contributed by atoms with van der Waals surface area (Å²) in [6, 6.07) is 3.91. The van der Waals surface area contributed by atoms with Crippen molar-refractivity contribution in [2.24, 2.45) is 0 Å². The van der Waals surface area contributed by atoms with Crippen LogP contribution in [0.5, 0.6) is 0 Å². The fourth-order valence-corrected chi connectivity index (χ4v) is 2.34. The van der Waals surface area contributed by atoms with Crippen LogP contribution in [0.2, 0.25) is 0 Å². The first kappa shape index (κ1) is 15.9. The van der Waals surface area contributed by atoms with Crippen molar-refractivity contribution in [2.45, 2.75) is 71.6 Å². The van der Waals surface area contributed by atoms with E-state index in [0.29, 0.717) is 12.1 Å². The lowest BCUT2D eigenvalue weighted by Gasteiger charge is -2.05. The molecule has 106 valence electrons. The molecule has 0 fully saturated rings. The molecular formula is C17H27NO. The lowest BCUT2D eigenvalue weighted by atomic mass is 10.0. The second-order valence-corrected chi connectivity index (χ2v) is 5.16. The highest BCUT2D eigenvalue weighted by atomic mass is 16.1. The highest BCUT2D eigenvalue weighted by Gasteiger charge is 2.10. The molecule has 2 nitrogen and oxygen atoms in total. The van der Waals surface area contributed by atoms with Crippen LogP contribution in [0.3, 0.4) is 0 Å². The van der Waals surface area contributed by atoms with Gasteiger partial charge in [-0.05, 0) is 24.5 Å². The third kappa shape index (κ3) is 6.00. The van der Waals surface area contributed by atoms with E-state index in [1.165, 1.54) is 38.5 Å². The Labute approximate surface area is 117 Å². The summed E-state index contributed by atoms with van der Waals surface area (Å²) in [5.41, 5.74) is 1.77. The zero-order chi connectivity index (χ0) is 13.9. The standard InChI is InChI=1S/C17H27NO/c1-3-5-6-7-8-9-10-13-16(19)17-15(4-2)12-11-14-18-17/h11-12,14H,3-10,13H2,1-2H3. The summed E-state index contributed by atoms with van der Waals surface area (Å²) >= 11 is 0. The molecule has 0 spiro atoms. The Bertz CT molecular complexity index is 373. The van der Waals surface area contributed by atoms with E-state index in [2.05, 4.69) is 18.8 Å². The molecule has 1 heterocycles. The number of nitrogens with zero attached hydrogens (tertiary/aromatic N) is 1. The minimum absolute atomic E-state index is 0.214. The molecule has 0 aliphatic carbocycles. The second kappa shape index (κ2) is 9.71. The van der Waals surface area contributed by atoms with Crippen molar-refractivity contribution in [1.29, 1.82) is 0 Å². The number of carbonyl (C=O) groups excluding carboxylic acids is 1. The van der Waals surface area contributed by atoms with Crippen LogP contribution in [-0.2, 0) is 6.42 Å². The van der Waals surface area contributed by atoms with Gasteiger partial charge in [0.2, 0.25) is 0 Å². The summed E-state index contributed by atoms with van der Waals surface area (Å²) in [5, 5.41) is 0. The molecule has 0 saturated heterocycles. The molecule has 1 rings (SSSR count). The van der Waals surface area contributed by atoms with Crippen LogP contribution in [0.25, 0.3) is 0 Å². The van der Waals surface area contributed by atoms with Gasteiger partial charge in [-0.15, -0.1) is 0 Å². The van der Waals surface area contributed by atoms with Gasteiger partial charge in [0.05, 0.1) is 0 Å². The summed E-state index contributed by atoms with van der Waals surface area (Å²) in [6.07, 6.45) is 12.0. The normalized spacial score (nSPS) is 10.6. The number of hydrogen-bond acceptors (Lipinski definition) is 2. The average molecular weight is 261 g/mol. The minimum atomic E-state index is 0.214. The lowest BCUT2D eigenvalue weighted by molar-refractivity contribution is 0.0973. The Morgan fingerprint density at radius 2 is 1.74 bits per heavy atom. The molecule has 0 unspecified atom stereocenters. The van der Waals surface area contributed by atoms with Crippen molar-refractivity contribution >= 4 is 5.78 Å². The van der Waals surface area contributed by atoms with E-state index in [1.807, 2.05) is 12.1 Å². The van der Waals surface area contributed by atoms with Gasteiger partial charge in [-0.3, -0.25) is 9.78 Å². The topological polar surface area (TPSA) is 30.0 Å². The van der Waals surface area contributed by atoms with Crippen LogP contribution >= 0.6 is 0 Å². The van der Waals surface area contributed by atoms with Gasteiger partial charge in [0, 0.05) is 12.6 Å². The maximum absolute atomic E-state index is 12.1. The van der Waals surface area contributed by atoms with E-state index in [0.717, 1.165) is 18.4 Å². The van der Waals surface area contributed by atoms with Gasteiger partial charge in [0.1, 0.15) is 5.69 Å². The summed E-state index contributed by atoms with van der Waals surface area (Å²) in [6.45, 7) is 4.30. The number of rotatable bonds is 10. The summed E-state index contributed by atoms with van der Waals surface area (Å²) in [7, 11) is 0. The fraction of sp³-hybridized carbons (Fsp3) is 0.647. The number of Topliss-reactive ketones (excluding diaryl/α,β-unsaturated/α-hetero) is 1. The Hall–Kier alpha value is -1.18. The number of aryl methyl sites for hydroxylation is 1. The Morgan fingerprint density at radius 1 is 1.05 bits per heavy atom. The zero-order valence-corrected chi connectivity index (χ0v) is 12.5. The Kier molecular flexibility index (Phi) is 8.11. The SMILES string of the molecule is CCCCCCCCCC(=O)c1ncccc1CC. The predicted octanol–water partition coefficient (Wildman–Crippen LogP) is 4.97. The lowest BCUT2D eigenvalue weighted by Crippen LogP contribution is -2.06. The second-order valence-electron chi connectivity index (χ2n) is 5.16. The van der Waals surface area contributed by atoms with E-state index in [-0.39, 0.29) is 5.78 Å². The largest absolute Gasteiger partial charge is 0.292 e. The molecule has 0 atom stereocenters. The predicted molar refractivity (Wildman–Crippen MR) is 80.6 cm³/mol. The summed E-state index contributed by atoms with van der Waals surface area (Å²) in [5.74, 6) is 0.214. The number of unbranched alkanes of at least 4 members (excludes halogenated alkanes) is 6. The van der Waals surface area contributed by atoms with Crippen LogP contribution in [0.15, 0.2) is 18.3 Å². The molecule has 2 heteroatoms. The van der Waals surface area contributed by atoms with Crippen molar-refractivity contribution < 1.29 is 4.79 Å². The maximum Gasteiger partial charge on any atom is 0.181 e. The highest BCUT2D eigenvalue weighted by molar-refractivity contribution is 5.95. The first-order valence-corrected chi connectivity index (χ1v) is 7.76. The summed E-state index contributed by atoms with van der Waals surface area (Å²) < 4.78 is 0. The van der Waals surface area contributed by atoms with Gasteiger partial charge in [0.25, 0.3) is 0 Å². The van der Waals surface area contributed by atoms with E-state index in [1.54, 1.807) is 6.20 Å². The molecule has 0 bridgehead atoms. The molecular weight excluding hydrogens is 234 g/mol. The molecule has 0 N–H and O–H groups in total. The van der Waals surface area contributed by atoms with E-state index >= 15 is 0 Å². The van der Waals surface area contributed by atoms with Gasteiger partial charge in [-0.25, -0.2) is 0 Å². The molecule has 0 radical (unpaired) electrons. The number of aromatic nitrogens is 1. The Morgan fingerprint density at radius 3 is 2.42 bits per heavy atom. The number of hydrogen-bond donors (Lipinski definition) is 0. The smallest absolute Gasteiger partial charge is 0.181 e. The van der Waals surface area contributed by atoms with Crippen LogP contribution < -0.4 is 0 Å². The van der Waals surface area contributed by atoms with Gasteiger partial charge >= 0.3 is 0 Å². The zero-order valence-electron chi connectivity index (χ0n) is 12.5. The van der Waals surface area contributed by atoms with Crippen LogP contribution in [0, 0.1) is 0 Å². The molecule has 19 heavy (non-hydrogen) atoms. The monoisotopic (exact) mass is 261 g/mol. The van der Waals surface area contributed by atoms with E-state index < -0.39 is 0 Å². The third-order valence-corrected chi connectivity index (χ3v) is 3.54. The van der Waals surface area contributed by atoms with E-state index in [4.69, 9.17) is 0 Å². The molecule has 0 aliphatic heterocycles. The van der Waals surface area contributed by atoms with Crippen molar-refractivity contribution in [3.05, 3.63) is 29.6 Å².